The van der Waals surface area contributed by atoms with E-state index in [1.807, 2.05) is 0 Å². The maximum Gasteiger partial charge on any atom is 0.160 e. The quantitative estimate of drug-likeness (QED) is 0.663. The van der Waals surface area contributed by atoms with Gasteiger partial charge in [0.25, 0.3) is 0 Å². The molecule has 4 rings (SSSR count). The second-order valence-corrected chi connectivity index (χ2v) is 7.20. The first kappa shape index (κ1) is 18.1. The van der Waals surface area contributed by atoms with E-state index in [2.05, 4.69) is 25.5 Å². The number of nitrogens with one attached hydrogen (secondary N) is 2. The van der Waals surface area contributed by atoms with Crippen LogP contribution >= 0.6 is 11.6 Å². The molecular formula is C19H21ClFN5O. The summed E-state index contributed by atoms with van der Waals surface area (Å²) in [4.78, 5) is 8.48. The van der Waals surface area contributed by atoms with Crippen molar-refractivity contribution in [1.82, 2.24) is 20.2 Å². The number of halogens is 2. The average molecular weight is 390 g/mol. The second kappa shape index (κ2) is 8.19. The molecule has 1 saturated carbocycles. The van der Waals surface area contributed by atoms with Crippen molar-refractivity contribution in [3.8, 4) is 0 Å². The third-order valence-electron chi connectivity index (χ3n) is 5.03. The highest BCUT2D eigenvalue weighted by Gasteiger charge is 2.22. The van der Waals surface area contributed by atoms with Crippen LogP contribution in [0.15, 0.2) is 30.7 Å². The highest BCUT2D eigenvalue weighted by Crippen LogP contribution is 2.26. The fourth-order valence-electron chi connectivity index (χ4n) is 3.55. The van der Waals surface area contributed by atoms with Crippen LogP contribution in [0.2, 0.25) is 5.02 Å². The van der Waals surface area contributed by atoms with E-state index < -0.39 is 0 Å². The molecular weight excluding hydrogens is 369 g/mol. The van der Waals surface area contributed by atoms with Gasteiger partial charge in [0.2, 0.25) is 0 Å². The summed E-state index contributed by atoms with van der Waals surface area (Å²) in [7, 11) is 0. The predicted octanol–water partition coefficient (Wildman–Crippen LogP) is 4.13. The predicted molar refractivity (Wildman–Crippen MR) is 102 cm³/mol. The molecule has 1 aliphatic carbocycles. The Kier molecular flexibility index (Phi) is 5.50. The summed E-state index contributed by atoms with van der Waals surface area (Å²) >= 11 is 6.06. The first-order valence-electron chi connectivity index (χ1n) is 9.16. The number of ether oxygens (including phenoxy) is 1. The van der Waals surface area contributed by atoms with E-state index in [4.69, 9.17) is 16.3 Å². The van der Waals surface area contributed by atoms with Crippen molar-refractivity contribution in [1.29, 1.82) is 0 Å². The van der Waals surface area contributed by atoms with Gasteiger partial charge in [-0.25, -0.2) is 14.4 Å². The number of H-pyrrole nitrogens is 1. The highest BCUT2D eigenvalue weighted by molar-refractivity contribution is 6.31. The van der Waals surface area contributed by atoms with Crippen molar-refractivity contribution >= 4 is 28.5 Å². The van der Waals surface area contributed by atoms with Crippen molar-refractivity contribution in [3.05, 3.63) is 47.1 Å². The van der Waals surface area contributed by atoms with Gasteiger partial charge in [0.1, 0.15) is 18.0 Å². The largest absolute Gasteiger partial charge is 0.378 e. The molecule has 3 aromatic rings. The summed E-state index contributed by atoms with van der Waals surface area (Å²) in [5, 5.41) is 11.7. The Morgan fingerprint density at radius 1 is 1.22 bits per heavy atom. The Morgan fingerprint density at radius 2 is 2.07 bits per heavy atom. The van der Waals surface area contributed by atoms with Gasteiger partial charge in [-0.15, -0.1) is 0 Å². The molecule has 2 heterocycles. The second-order valence-electron chi connectivity index (χ2n) is 6.79. The summed E-state index contributed by atoms with van der Waals surface area (Å²) in [6.07, 6.45) is 7.87. The van der Waals surface area contributed by atoms with E-state index in [0.717, 1.165) is 42.5 Å². The molecule has 142 valence electrons. The van der Waals surface area contributed by atoms with Crippen molar-refractivity contribution in [2.45, 2.75) is 44.2 Å². The normalized spacial score (nSPS) is 20.1. The summed E-state index contributed by atoms with van der Waals surface area (Å²) in [6.45, 7) is 0.477. The molecule has 0 amide bonds. The van der Waals surface area contributed by atoms with Gasteiger partial charge in [0, 0.05) is 23.0 Å². The van der Waals surface area contributed by atoms with E-state index in [1.54, 1.807) is 18.3 Å². The van der Waals surface area contributed by atoms with E-state index >= 15 is 0 Å². The molecule has 1 aliphatic rings. The zero-order valence-electron chi connectivity index (χ0n) is 14.8. The molecule has 8 heteroatoms. The Bertz CT molecular complexity index is 890. The van der Waals surface area contributed by atoms with Gasteiger partial charge >= 0.3 is 0 Å². The number of aromatic amines is 1. The summed E-state index contributed by atoms with van der Waals surface area (Å²) in [6, 6.07) is 5.10. The lowest BCUT2D eigenvalue weighted by molar-refractivity contribution is 0.0280. The number of hydrogen-bond acceptors (Lipinski definition) is 5. The topological polar surface area (TPSA) is 75.7 Å². The van der Waals surface area contributed by atoms with Gasteiger partial charge in [-0.05, 0) is 37.8 Å². The maximum atomic E-state index is 13.8. The SMILES string of the molecule is Fc1cccc(Cl)c1CCO[C@H]1CC[C@H](Nc2ncnc3[nH]ncc23)CC1. The Balaban J connectivity index is 1.25. The van der Waals surface area contributed by atoms with Gasteiger partial charge in [0.15, 0.2) is 5.65 Å². The van der Waals surface area contributed by atoms with Crippen LogP contribution in [0.4, 0.5) is 10.2 Å². The Morgan fingerprint density at radius 3 is 2.89 bits per heavy atom. The highest BCUT2D eigenvalue weighted by atomic mass is 35.5. The fourth-order valence-corrected chi connectivity index (χ4v) is 3.80. The molecule has 0 atom stereocenters. The van der Waals surface area contributed by atoms with Crippen LogP contribution in [0.25, 0.3) is 11.0 Å². The summed E-state index contributed by atoms with van der Waals surface area (Å²) < 4.78 is 19.8. The summed E-state index contributed by atoms with van der Waals surface area (Å²) in [5.74, 6) is 0.543. The lowest BCUT2D eigenvalue weighted by Gasteiger charge is -2.29. The first-order valence-corrected chi connectivity index (χ1v) is 9.53. The van der Waals surface area contributed by atoms with Crippen molar-refractivity contribution in [2.75, 3.05) is 11.9 Å². The lowest BCUT2D eigenvalue weighted by Crippen LogP contribution is -2.30. The van der Waals surface area contributed by atoms with E-state index in [1.165, 1.54) is 12.4 Å². The van der Waals surface area contributed by atoms with Gasteiger partial charge in [0.05, 0.1) is 24.3 Å². The van der Waals surface area contributed by atoms with E-state index in [9.17, 15) is 4.39 Å². The van der Waals surface area contributed by atoms with E-state index in [0.29, 0.717) is 29.7 Å². The number of anilines is 1. The Labute approximate surface area is 161 Å². The minimum atomic E-state index is -0.269. The molecule has 6 nitrogen and oxygen atoms in total. The molecule has 27 heavy (non-hydrogen) atoms. The molecule has 0 aliphatic heterocycles. The molecule has 1 aromatic carbocycles. The standard InChI is InChI=1S/C19H21ClFN5O/c20-16-2-1-3-17(21)14(16)8-9-27-13-6-4-12(5-7-13)25-18-15-10-24-26-19(15)23-11-22-18/h1-3,10-13H,4-9H2,(H2,22,23,24,25,26)/t12-,13-. The number of nitrogens with zero attached hydrogens (tertiary/aromatic N) is 3. The molecule has 1 fully saturated rings. The third kappa shape index (κ3) is 4.20. The van der Waals surface area contributed by atoms with Crippen LogP contribution in [0.1, 0.15) is 31.2 Å². The molecule has 0 radical (unpaired) electrons. The van der Waals surface area contributed by atoms with Crippen LogP contribution in [0, 0.1) is 5.82 Å². The minimum Gasteiger partial charge on any atom is -0.378 e. The monoisotopic (exact) mass is 389 g/mol. The number of fused-ring (bicyclic) bond motifs is 1. The number of aromatic nitrogens is 4. The number of hydrogen-bond donors (Lipinski definition) is 2. The van der Waals surface area contributed by atoms with Crippen molar-refractivity contribution in [3.63, 3.8) is 0 Å². The molecule has 0 bridgehead atoms. The zero-order valence-corrected chi connectivity index (χ0v) is 15.5. The maximum absolute atomic E-state index is 13.8. The number of rotatable bonds is 6. The average Bonchev–Trinajstić information content (AvgIpc) is 3.15. The van der Waals surface area contributed by atoms with Crippen LogP contribution in [0.5, 0.6) is 0 Å². The van der Waals surface area contributed by atoms with Crippen LogP contribution in [-0.4, -0.2) is 38.9 Å². The number of benzene rings is 1. The van der Waals surface area contributed by atoms with Crippen molar-refractivity contribution < 1.29 is 9.13 Å². The van der Waals surface area contributed by atoms with E-state index in [-0.39, 0.29) is 11.9 Å². The van der Waals surface area contributed by atoms with Gasteiger partial charge in [-0.2, -0.15) is 5.10 Å². The van der Waals surface area contributed by atoms with Crippen LogP contribution < -0.4 is 5.32 Å². The smallest absolute Gasteiger partial charge is 0.160 e. The first-order chi connectivity index (χ1) is 13.2. The summed E-state index contributed by atoms with van der Waals surface area (Å²) in [5.41, 5.74) is 1.26. The molecule has 0 unspecified atom stereocenters. The molecule has 2 aromatic heterocycles. The van der Waals surface area contributed by atoms with Gasteiger partial charge in [-0.3, -0.25) is 5.10 Å². The zero-order chi connectivity index (χ0) is 18.6. The van der Waals surface area contributed by atoms with Gasteiger partial charge in [-0.1, -0.05) is 17.7 Å². The molecule has 2 N–H and O–H groups in total. The fraction of sp³-hybridized carbons (Fsp3) is 0.421. The third-order valence-corrected chi connectivity index (χ3v) is 5.38. The van der Waals surface area contributed by atoms with Crippen LogP contribution in [-0.2, 0) is 11.2 Å². The Hall–Kier alpha value is -2.25. The van der Waals surface area contributed by atoms with Crippen molar-refractivity contribution in [2.24, 2.45) is 0 Å². The minimum absolute atomic E-state index is 0.202. The lowest BCUT2D eigenvalue weighted by atomic mass is 9.93. The van der Waals surface area contributed by atoms with Crippen LogP contribution in [0.3, 0.4) is 0 Å². The molecule has 0 spiro atoms. The molecule has 0 saturated heterocycles. The van der Waals surface area contributed by atoms with Gasteiger partial charge < -0.3 is 10.1 Å².